The second-order valence-corrected chi connectivity index (χ2v) is 4.48. The number of allylic oxidation sites excluding steroid dienone is 2. The molecule has 0 saturated carbocycles. The molecular formula is C10H14F2OS. The lowest BCUT2D eigenvalue weighted by atomic mass is 10.1. The Morgan fingerprint density at radius 3 is 2.71 bits per heavy atom. The van der Waals surface area contributed by atoms with Gasteiger partial charge in [0.15, 0.2) is 0 Å². The number of carbonyl (C=O) groups excluding carboxylic acids is 1. The van der Waals surface area contributed by atoms with Crippen LogP contribution in [0, 0.1) is 0 Å². The fraction of sp³-hybridized carbons (Fsp3) is 0.700. The zero-order valence-electron chi connectivity index (χ0n) is 7.97. The van der Waals surface area contributed by atoms with Crippen LogP contribution in [0.15, 0.2) is 11.0 Å². The van der Waals surface area contributed by atoms with Gasteiger partial charge in [-0.1, -0.05) is 30.7 Å². The molecule has 1 aliphatic rings. The number of hydrogen-bond donors (Lipinski definition) is 0. The van der Waals surface area contributed by atoms with Crippen LogP contribution in [0.2, 0.25) is 0 Å². The van der Waals surface area contributed by atoms with Gasteiger partial charge < -0.3 is 0 Å². The van der Waals surface area contributed by atoms with Crippen molar-refractivity contribution >= 4 is 16.9 Å². The Morgan fingerprint density at radius 1 is 1.29 bits per heavy atom. The van der Waals surface area contributed by atoms with Gasteiger partial charge in [-0.05, 0) is 30.6 Å². The molecule has 0 bridgehead atoms. The molecule has 80 valence electrons. The van der Waals surface area contributed by atoms with Crippen LogP contribution in [0.1, 0.15) is 38.5 Å². The second-order valence-electron chi connectivity index (χ2n) is 3.35. The first-order chi connectivity index (χ1) is 6.70. The zero-order chi connectivity index (χ0) is 10.4. The Bertz CT molecular complexity index is 226. The molecule has 1 rings (SSSR count). The highest BCUT2D eigenvalue weighted by Crippen LogP contribution is 2.28. The first kappa shape index (κ1) is 11.7. The maximum Gasteiger partial charge on any atom is 0.306 e. The minimum Gasteiger partial charge on any atom is -0.280 e. The smallest absolute Gasteiger partial charge is 0.280 e. The van der Waals surface area contributed by atoms with E-state index in [0.29, 0.717) is 0 Å². The SMILES string of the molecule is O=C(S/C1=C/CCCCCC1)C(F)F. The molecule has 0 aromatic heterocycles. The Hall–Kier alpha value is -0.380. The molecule has 0 aliphatic heterocycles. The van der Waals surface area contributed by atoms with E-state index in [1.807, 2.05) is 6.08 Å². The molecule has 0 radical (unpaired) electrons. The van der Waals surface area contributed by atoms with Crippen LogP contribution in [-0.2, 0) is 4.79 Å². The largest absolute Gasteiger partial charge is 0.306 e. The van der Waals surface area contributed by atoms with Gasteiger partial charge in [0.25, 0.3) is 5.12 Å². The van der Waals surface area contributed by atoms with E-state index in [4.69, 9.17) is 0 Å². The lowest BCUT2D eigenvalue weighted by Crippen LogP contribution is -2.05. The minimum absolute atomic E-state index is 0.723. The molecule has 0 aromatic rings. The molecule has 0 atom stereocenters. The summed E-state index contributed by atoms with van der Waals surface area (Å²) >= 11 is 0.723. The van der Waals surface area contributed by atoms with Crippen molar-refractivity contribution in [3.63, 3.8) is 0 Å². The van der Waals surface area contributed by atoms with E-state index in [2.05, 4.69) is 0 Å². The lowest BCUT2D eigenvalue weighted by molar-refractivity contribution is -0.120. The van der Waals surface area contributed by atoms with Gasteiger partial charge in [-0.3, -0.25) is 4.79 Å². The molecule has 0 fully saturated rings. The predicted octanol–water partition coefficient (Wildman–Crippen LogP) is 3.75. The summed E-state index contributed by atoms with van der Waals surface area (Å²) < 4.78 is 23.9. The number of alkyl halides is 2. The van der Waals surface area contributed by atoms with Gasteiger partial charge in [-0.15, -0.1) is 0 Å². The Kier molecular flexibility index (Phi) is 5.15. The Balaban J connectivity index is 2.44. The third-order valence-corrected chi connectivity index (χ3v) is 3.17. The van der Waals surface area contributed by atoms with Crippen molar-refractivity contribution in [3.05, 3.63) is 11.0 Å². The molecule has 0 amide bonds. The number of rotatable bonds is 2. The van der Waals surface area contributed by atoms with Crippen molar-refractivity contribution in [3.8, 4) is 0 Å². The van der Waals surface area contributed by atoms with E-state index in [-0.39, 0.29) is 0 Å². The number of halogens is 2. The molecule has 14 heavy (non-hydrogen) atoms. The fourth-order valence-electron chi connectivity index (χ4n) is 1.43. The molecule has 0 unspecified atom stereocenters. The monoisotopic (exact) mass is 220 g/mol. The minimum atomic E-state index is -2.84. The fourth-order valence-corrected chi connectivity index (χ4v) is 2.22. The van der Waals surface area contributed by atoms with E-state index >= 15 is 0 Å². The van der Waals surface area contributed by atoms with E-state index in [9.17, 15) is 13.6 Å². The quantitative estimate of drug-likeness (QED) is 0.705. The van der Waals surface area contributed by atoms with Crippen molar-refractivity contribution in [1.29, 1.82) is 0 Å². The van der Waals surface area contributed by atoms with Crippen LogP contribution < -0.4 is 0 Å². The van der Waals surface area contributed by atoms with Crippen molar-refractivity contribution in [1.82, 2.24) is 0 Å². The topological polar surface area (TPSA) is 17.1 Å². The van der Waals surface area contributed by atoms with Gasteiger partial charge in [-0.2, -0.15) is 0 Å². The lowest BCUT2D eigenvalue weighted by Gasteiger charge is -2.09. The van der Waals surface area contributed by atoms with Gasteiger partial charge in [0, 0.05) is 0 Å². The van der Waals surface area contributed by atoms with E-state index in [1.165, 1.54) is 6.42 Å². The maximum absolute atomic E-state index is 12.0. The van der Waals surface area contributed by atoms with Crippen LogP contribution in [0.5, 0.6) is 0 Å². The molecule has 4 heteroatoms. The summed E-state index contributed by atoms with van der Waals surface area (Å²) in [5.74, 6) is 0. The first-order valence-corrected chi connectivity index (χ1v) is 5.70. The molecule has 0 heterocycles. The van der Waals surface area contributed by atoms with Crippen molar-refractivity contribution in [2.24, 2.45) is 0 Å². The van der Waals surface area contributed by atoms with Crippen molar-refractivity contribution in [2.45, 2.75) is 45.0 Å². The van der Waals surface area contributed by atoms with Crippen molar-refractivity contribution in [2.75, 3.05) is 0 Å². The Labute approximate surface area is 86.9 Å². The average Bonchev–Trinajstić information content (AvgIpc) is 2.08. The van der Waals surface area contributed by atoms with Crippen molar-refractivity contribution < 1.29 is 13.6 Å². The van der Waals surface area contributed by atoms with Gasteiger partial charge in [0.2, 0.25) is 0 Å². The predicted molar refractivity (Wildman–Crippen MR) is 54.4 cm³/mol. The summed E-state index contributed by atoms with van der Waals surface area (Å²) in [6.07, 6.45) is 5.25. The van der Waals surface area contributed by atoms with Crippen LogP contribution in [0.3, 0.4) is 0 Å². The highest BCUT2D eigenvalue weighted by atomic mass is 32.2. The molecule has 1 nitrogen and oxygen atoms in total. The summed E-state index contributed by atoms with van der Waals surface area (Å²) in [5, 5.41) is -1.02. The Morgan fingerprint density at radius 2 is 2.00 bits per heavy atom. The van der Waals surface area contributed by atoms with Crippen LogP contribution >= 0.6 is 11.8 Å². The molecule has 1 aliphatic carbocycles. The van der Waals surface area contributed by atoms with E-state index < -0.39 is 11.5 Å². The number of carbonyl (C=O) groups is 1. The van der Waals surface area contributed by atoms with Gasteiger partial charge >= 0.3 is 6.43 Å². The van der Waals surface area contributed by atoms with E-state index in [0.717, 1.165) is 48.8 Å². The molecular weight excluding hydrogens is 206 g/mol. The summed E-state index contributed by atoms with van der Waals surface area (Å²) in [4.78, 5) is 11.6. The highest BCUT2D eigenvalue weighted by Gasteiger charge is 2.18. The maximum atomic E-state index is 12.0. The van der Waals surface area contributed by atoms with Gasteiger partial charge in [0.1, 0.15) is 0 Å². The molecule has 0 N–H and O–H groups in total. The summed E-state index contributed by atoms with van der Waals surface area (Å²) in [6, 6.07) is 0. The van der Waals surface area contributed by atoms with Crippen LogP contribution in [0.25, 0.3) is 0 Å². The normalized spacial score (nSPS) is 22.4. The summed E-state index contributed by atoms with van der Waals surface area (Å²) in [6.45, 7) is 0. The van der Waals surface area contributed by atoms with E-state index in [1.54, 1.807) is 0 Å². The molecule has 0 aromatic carbocycles. The number of hydrogen-bond acceptors (Lipinski definition) is 2. The number of thioether (sulfide) groups is 1. The molecule has 0 spiro atoms. The summed E-state index contributed by atoms with van der Waals surface area (Å²) in [5.41, 5.74) is 0. The standard InChI is InChI=1S/C10H14F2OS/c11-9(12)10(13)14-8-6-4-2-1-3-5-7-8/h6,9H,1-5,7H2/b8-6+. The second kappa shape index (κ2) is 6.17. The van der Waals surface area contributed by atoms with Crippen LogP contribution in [0.4, 0.5) is 8.78 Å². The van der Waals surface area contributed by atoms with Crippen LogP contribution in [-0.4, -0.2) is 11.5 Å². The zero-order valence-corrected chi connectivity index (χ0v) is 8.79. The molecule has 0 saturated heterocycles. The third kappa shape index (κ3) is 4.22. The average molecular weight is 220 g/mol. The van der Waals surface area contributed by atoms with Gasteiger partial charge in [-0.25, -0.2) is 8.78 Å². The first-order valence-electron chi connectivity index (χ1n) is 4.89. The summed E-state index contributed by atoms with van der Waals surface area (Å²) in [7, 11) is 0. The van der Waals surface area contributed by atoms with Gasteiger partial charge in [0.05, 0.1) is 0 Å². The third-order valence-electron chi connectivity index (χ3n) is 2.16. The highest BCUT2D eigenvalue weighted by molar-refractivity contribution is 8.17.